The molecule has 1 N–H and O–H groups in total. The summed E-state index contributed by atoms with van der Waals surface area (Å²) in [5.74, 6) is 0. The molecule has 3 heteroatoms. The predicted molar refractivity (Wildman–Crippen MR) is 64.6 cm³/mol. The van der Waals surface area contributed by atoms with Crippen LogP contribution in [0.2, 0.25) is 0 Å². The van der Waals surface area contributed by atoms with E-state index < -0.39 is 0 Å². The van der Waals surface area contributed by atoms with Crippen LogP contribution in [0.4, 0.5) is 0 Å². The first-order valence-electron chi connectivity index (χ1n) is 6.97. The number of likely N-dealkylation sites (tertiary alicyclic amines) is 1. The molecule has 3 aliphatic rings. The molecule has 0 saturated carbocycles. The van der Waals surface area contributed by atoms with Crippen LogP contribution in [0.1, 0.15) is 38.5 Å². The number of rotatable bonds is 1. The van der Waals surface area contributed by atoms with Crippen LogP contribution in [-0.2, 0) is 4.74 Å². The summed E-state index contributed by atoms with van der Waals surface area (Å²) in [6.45, 7) is 5.88. The van der Waals surface area contributed by atoms with E-state index in [1.165, 1.54) is 64.7 Å². The number of hydrogen-bond acceptors (Lipinski definition) is 3. The summed E-state index contributed by atoms with van der Waals surface area (Å²) in [5.41, 5.74) is 0.253. The maximum Gasteiger partial charge on any atom is 0.0821 e. The molecule has 1 unspecified atom stereocenters. The zero-order valence-corrected chi connectivity index (χ0v) is 10.2. The van der Waals surface area contributed by atoms with Gasteiger partial charge in [0.1, 0.15) is 0 Å². The fourth-order valence-corrected chi connectivity index (χ4v) is 3.59. The molecule has 3 fully saturated rings. The lowest BCUT2D eigenvalue weighted by Gasteiger charge is -2.36. The van der Waals surface area contributed by atoms with Crippen LogP contribution < -0.4 is 5.32 Å². The highest BCUT2D eigenvalue weighted by atomic mass is 16.5. The van der Waals surface area contributed by atoms with Crippen LogP contribution in [0.3, 0.4) is 0 Å². The van der Waals surface area contributed by atoms with Crippen molar-refractivity contribution in [2.24, 2.45) is 0 Å². The molecule has 0 aromatic rings. The number of ether oxygens (including phenoxy) is 1. The fourth-order valence-electron chi connectivity index (χ4n) is 3.59. The molecule has 1 spiro atoms. The van der Waals surface area contributed by atoms with Crippen LogP contribution in [0.25, 0.3) is 0 Å². The quantitative estimate of drug-likeness (QED) is 0.728. The molecule has 3 aliphatic heterocycles. The van der Waals surface area contributed by atoms with Crippen LogP contribution >= 0.6 is 0 Å². The maximum atomic E-state index is 6.09. The van der Waals surface area contributed by atoms with E-state index in [0.717, 1.165) is 12.6 Å². The van der Waals surface area contributed by atoms with E-state index in [9.17, 15) is 0 Å². The molecule has 0 aromatic heterocycles. The molecule has 1 atom stereocenters. The normalized spacial score (nSPS) is 38.2. The van der Waals surface area contributed by atoms with Crippen molar-refractivity contribution >= 4 is 0 Å². The Balaban J connectivity index is 1.58. The minimum Gasteiger partial charge on any atom is -0.374 e. The van der Waals surface area contributed by atoms with E-state index in [1.54, 1.807) is 0 Å². The first-order valence-corrected chi connectivity index (χ1v) is 6.97. The third-order valence-corrected chi connectivity index (χ3v) is 4.61. The lowest BCUT2D eigenvalue weighted by atomic mass is 9.93. The van der Waals surface area contributed by atoms with Gasteiger partial charge < -0.3 is 10.1 Å². The zero-order chi connectivity index (χ0) is 10.8. The Hall–Kier alpha value is -0.120. The van der Waals surface area contributed by atoms with E-state index >= 15 is 0 Å². The van der Waals surface area contributed by atoms with Gasteiger partial charge in [0.05, 0.1) is 5.60 Å². The second-order valence-corrected chi connectivity index (χ2v) is 5.69. The highest BCUT2D eigenvalue weighted by Crippen LogP contribution is 2.35. The highest BCUT2D eigenvalue weighted by Gasteiger charge is 2.42. The minimum absolute atomic E-state index is 0.253. The van der Waals surface area contributed by atoms with E-state index in [-0.39, 0.29) is 5.60 Å². The summed E-state index contributed by atoms with van der Waals surface area (Å²) < 4.78 is 6.09. The van der Waals surface area contributed by atoms with Crippen molar-refractivity contribution < 1.29 is 4.74 Å². The Morgan fingerprint density at radius 2 is 2.00 bits per heavy atom. The average Bonchev–Trinajstić information content (AvgIpc) is 2.75. The molecule has 16 heavy (non-hydrogen) atoms. The van der Waals surface area contributed by atoms with Crippen molar-refractivity contribution in [2.75, 3.05) is 32.8 Å². The van der Waals surface area contributed by atoms with Crippen molar-refractivity contribution in [3.63, 3.8) is 0 Å². The highest BCUT2D eigenvalue weighted by molar-refractivity contribution is 4.96. The molecule has 0 bridgehead atoms. The van der Waals surface area contributed by atoms with Crippen molar-refractivity contribution in [1.82, 2.24) is 10.2 Å². The lowest BCUT2D eigenvalue weighted by Crippen LogP contribution is -2.45. The molecule has 0 amide bonds. The Morgan fingerprint density at radius 1 is 1.12 bits per heavy atom. The first kappa shape index (κ1) is 11.0. The van der Waals surface area contributed by atoms with Crippen LogP contribution in [0, 0.1) is 0 Å². The summed E-state index contributed by atoms with van der Waals surface area (Å²) >= 11 is 0. The Labute approximate surface area is 98.5 Å². The van der Waals surface area contributed by atoms with Crippen LogP contribution in [0.5, 0.6) is 0 Å². The van der Waals surface area contributed by atoms with E-state index in [0.29, 0.717) is 0 Å². The number of nitrogens with zero attached hydrogens (tertiary/aromatic N) is 1. The van der Waals surface area contributed by atoms with E-state index in [1.807, 2.05) is 0 Å². The van der Waals surface area contributed by atoms with E-state index in [4.69, 9.17) is 4.74 Å². The molecule has 92 valence electrons. The number of nitrogens with one attached hydrogen (secondary N) is 1. The minimum atomic E-state index is 0.253. The van der Waals surface area contributed by atoms with Gasteiger partial charge in [0, 0.05) is 25.7 Å². The summed E-state index contributed by atoms with van der Waals surface area (Å²) in [6.07, 6.45) is 7.88. The van der Waals surface area contributed by atoms with Crippen LogP contribution in [0.15, 0.2) is 0 Å². The van der Waals surface area contributed by atoms with Gasteiger partial charge >= 0.3 is 0 Å². The fraction of sp³-hybridized carbons (Fsp3) is 1.00. The van der Waals surface area contributed by atoms with Crippen molar-refractivity contribution in [3.05, 3.63) is 0 Å². The standard InChI is InChI=1S/C13H24N2O/c1-2-10-16-13(5-1)6-9-15(11-13)12-3-7-14-8-4-12/h12,14H,1-11H2. The van der Waals surface area contributed by atoms with Crippen LogP contribution in [-0.4, -0.2) is 49.3 Å². The van der Waals surface area contributed by atoms with Gasteiger partial charge in [-0.05, 0) is 51.6 Å². The van der Waals surface area contributed by atoms with Gasteiger partial charge in [0.25, 0.3) is 0 Å². The topological polar surface area (TPSA) is 24.5 Å². The molecule has 0 aromatic carbocycles. The van der Waals surface area contributed by atoms with Crippen molar-refractivity contribution in [1.29, 1.82) is 0 Å². The van der Waals surface area contributed by atoms with Crippen molar-refractivity contribution in [3.8, 4) is 0 Å². The molecule has 3 saturated heterocycles. The maximum absolute atomic E-state index is 6.09. The number of piperidine rings is 1. The summed E-state index contributed by atoms with van der Waals surface area (Å²) in [4.78, 5) is 2.70. The van der Waals surface area contributed by atoms with Gasteiger partial charge in [0.15, 0.2) is 0 Å². The van der Waals surface area contributed by atoms with E-state index in [2.05, 4.69) is 10.2 Å². The Morgan fingerprint density at radius 3 is 2.75 bits per heavy atom. The smallest absolute Gasteiger partial charge is 0.0821 e. The third-order valence-electron chi connectivity index (χ3n) is 4.61. The molecule has 0 aliphatic carbocycles. The largest absolute Gasteiger partial charge is 0.374 e. The molecule has 3 heterocycles. The van der Waals surface area contributed by atoms with Gasteiger partial charge in [-0.3, -0.25) is 4.90 Å². The second kappa shape index (κ2) is 4.63. The zero-order valence-electron chi connectivity index (χ0n) is 10.2. The molecule has 0 radical (unpaired) electrons. The van der Waals surface area contributed by atoms with Gasteiger partial charge in [0.2, 0.25) is 0 Å². The molecular weight excluding hydrogens is 200 g/mol. The Bertz CT molecular complexity index is 232. The summed E-state index contributed by atoms with van der Waals surface area (Å²) in [7, 11) is 0. The number of hydrogen-bond donors (Lipinski definition) is 1. The molecule has 3 nitrogen and oxygen atoms in total. The van der Waals surface area contributed by atoms with Crippen molar-refractivity contribution in [2.45, 2.75) is 50.2 Å². The van der Waals surface area contributed by atoms with Gasteiger partial charge in [-0.2, -0.15) is 0 Å². The average molecular weight is 224 g/mol. The summed E-state index contributed by atoms with van der Waals surface area (Å²) in [5, 5.41) is 3.45. The molecular formula is C13H24N2O. The van der Waals surface area contributed by atoms with Gasteiger partial charge in [-0.15, -0.1) is 0 Å². The SMILES string of the molecule is C1CCC2(CCN(C3CCNCC3)C2)OC1. The first-order chi connectivity index (χ1) is 7.88. The monoisotopic (exact) mass is 224 g/mol. The molecule has 3 rings (SSSR count). The summed E-state index contributed by atoms with van der Waals surface area (Å²) in [6, 6.07) is 0.825. The second-order valence-electron chi connectivity index (χ2n) is 5.69. The third kappa shape index (κ3) is 2.13. The lowest BCUT2D eigenvalue weighted by molar-refractivity contribution is -0.0719. The van der Waals surface area contributed by atoms with Gasteiger partial charge in [-0.1, -0.05) is 0 Å². The predicted octanol–water partition coefficient (Wildman–Crippen LogP) is 1.38. The van der Waals surface area contributed by atoms with Gasteiger partial charge in [-0.25, -0.2) is 0 Å². The Kier molecular flexibility index (Phi) is 3.18.